The number of halogens is 1. The molecule has 0 radical (unpaired) electrons. The molecule has 25 heavy (non-hydrogen) atoms. The van der Waals surface area contributed by atoms with E-state index in [0.717, 1.165) is 23.2 Å². The van der Waals surface area contributed by atoms with E-state index in [2.05, 4.69) is 10.6 Å². The number of hydrogen-bond acceptors (Lipinski definition) is 3. The molecule has 0 aromatic heterocycles. The largest absolute Gasteiger partial charge is 0.376 e. The summed E-state index contributed by atoms with van der Waals surface area (Å²) in [5, 5.41) is 5.76. The standard InChI is InChI=1S/C19H20FN3O2/c1-12-3-4-15(20)10-17(12)21-11-19(25)22-16-5-6-18-14(9-16)7-8-23(18)13(2)24/h3-6,9-10,21H,7-8,11H2,1-2H3,(H,22,25). The first-order valence-electron chi connectivity index (χ1n) is 8.15. The number of rotatable bonds is 4. The lowest BCUT2D eigenvalue weighted by molar-refractivity contribution is -0.116. The fraction of sp³-hybridized carbons (Fsp3) is 0.263. The predicted molar refractivity (Wildman–Crippen MR) is 96.4 cm³/mol. The summed E-state index contributed by atoms with van der Waals surface area (Å²) in [5.74, 6) is -0.544. The Labute approximate surface area is 145 Å². The van der Waals surface area contributed by atoms with Gasteiger partial charge in [0, 0.05) is 30.5 Å². The van der Waals surface area contributed by atoms with Crippen molar-refractivity contribution >= 4 is 28.9 Å². The Morgan fingerprint density at radius 1 is 1.20 bits per heavy atom. The van der Waals surface area contributed by atoms with Gasteiger partial charge in [0.05, 0.1) is 6.54 Å². The van der Waals surface area contributed by atoms with Crippen molar-refractivity contribution in [1.82, 2.24) is 0 Å². The van der Waals surface area contributed by atoms with E-state index in [4.69, 9.17) is 0 Å². The van der Waals surface area contributed by atoms with Crippen LogP contribution in [0.5, 0.6) is 0 Å². The van der Waals surface area contributed by atoms with Gasteiger partial charge in [-0.2, -0.15) is 0 Å². The highest BCUT2D eigenvalue weighted by Gasteiger charge is 2.22. The molecule has 1 aliphatic rings. The number of carbonyl (C=O) groups excluding carboxylic acids is 2. The summed E-state index contributed by atoms with van der Waals surface area (Å²) in [4.78, 5) is 25.4. The van der Waals surface area contributed by atoms with E-state index in [9.17, 15) is 14.0 Å². The second kappa shape index (κ2) is 6.93. The van der Waals surface area contributed by atoms with Crippen molar-refractivity contribution in [2.45, 2.75) is 20.3 Å². The van der Waals surface area contributed by atoms with Gasteiger partial charge in [-0.05, 0) is 54.8 Å². The van der Waals surface area contributed by atoms with Crippen molar-refractivity contribution in [2.75, 3.05) is 28.6 Å². The first kappa shape index (κ1) is 17.0. The molecule has 5 nitrogen and oxygen atoms in total. The second-order valence-electron chi connectivity index (χ2n) is 6.13. The lowest BCUT2D eigenvalue weighted by atomic mass is 10.1. The summed E-state index contributed by atoms with van der Waals surface area (Å²) in [6, 6.07) is 9.94. The molecular weight excluding hydrogens is 321 g/mol. The van der Waals surface area contributed by atoms with Crippen LogP contribution in [0.1, 0.15) is 18.1 Å². The topological polar surface area (TPSA) is 61.4 Å². The molecule has 1 aliphatic heterocycles. The summed E-state index contributed by atoms with van der Waals surface area (Å²) in [6.45, 7) is 4.11. The van der Waals surface area contributed by atoms with Gasteiger partial charge < -0.3 is 15.5 Å². The van der Waals surface area contributed by atoms with Gasteiger partial charge in [-0.15, -0.1) is 0 Å². The van der Waals surface area contributed by atoms with Crippen LogP contribution >= 0.6 is 0 Å². The van der Waals surface area contributed by atoms with Gasteiger partial charge in [0.25, 0.3) is 0 Å². The summed E-state index contributed by atoms with van der Waals surface area (Å²) in [5.41, 5.74) is 4.10. The Kier molecular flexibility index (Phi) is 4.70. The molecule has 2 aromatic rings. The van der Waals surface area contributed by atoms with Crippen LogP contribution in [0.3, 0.4) is 0 Å². The molecule has 0 atom stereocenters. The number of benzene rings is 2. The first-order valence-corrected chi connectivity index (χ1v) is 8.15. The molecule has 1 heterocycles. The third-order valence-electron chi connectivity index (χ3n) is 4.28. The smallest absolute Gasteiger partial charge is 0.243 e. The van der Waals surface area contributed by atoms with Gasteiger partial charge in [0.1, 0.15) is 5.82 Å². The number of hydrogen-bond donors (Lipinski definition) is 2. The number of carbonyl (C=O) groups is 2. The van der Waals surface area contributed by atoms with Crippen LogP contribution in [0, 0.1) is 12.7 Å². The lowest BCUT2D eigenvalue weighted by Gasteiger charge is -2.15. The van der Waals surface area contributed by atoms with Gasteiger partial charge in [-0.1, -0.05) is 6.07 Å². The third-order valence-corrected chi connectivity index (χ3v) is 4.28. The maximum absolute atomic E-state index is 13.3. The fourth-order valence-electron chi connectivity index (χ4n) is 2.97. The normalized spacial score (nSPS) is 12.7. The van der Waals surface area contributed by atoms with Gasteiger partial charge in [0.2, 0.25) is 11.8 Å². The Hall–Kier alpha value is -2.89. The number of amides is 2. The highest BCUT2D eigenvalue weighted by molar-refractivity contribution is 5.96. The molecule has 0 saturated heterocycles. The van der Waals surface area contributed by atoms with Crippen molar-refractivity contribution < 1.29 is 14.0 Å². The van der Waals surface area contributed by atoms with Crippen LogP contribution in [-0.4, -0.2) is 24.9 Å². The van der Waals surface area contributed by atoms with Crippen LogP contribution in [-0.2, 0) is 16.0 Å². The summed E-state index contributed by atoms with van der Waals surface area (Å²) >= 11 is 0. The van der Waals surface area contributed by atoms with E-state index in [1.165, 1.54) is 12.1 Å². The molecule has 0 aliphatic carbocycles. The molecule has 130 valence electrons. The average molecular weight is 341 g/mol. The minimum atomic E-state index is -0.345. The Morgan fingerprint density at radius 3 is 2.76 bits per heavy atom. The van der Waals surface area contributed by atoms with Crippen molar-refractivity contribution in [2.24, 2.45) is 0 Å². The van der Waals surface area contributed by atoms with Crippen molar-refractivity contribution in [3.05, 3.63) is 53.3 Å². The summed E-state index contributed by atoms with van der Waals surface area (Å²) < 4.78 is 13.3. The highest BCUT2D eigenvalue weighted by Crippen LogP contribution is 2.30. The molecule has 0 unspecified atom stereocenters. The zero-order valence-corrected chi connectivity index (χ0v) is 14.2. The van der Waals surface area contributed by atoms with Crippen molar-refractivity contribution in [1.29, 1.82) is 0 Å². The molecule has 0 saturated carbocycles. The zero-order valence-electron chi connectivity index (χ0n) is 14.2. The van der Waals surface area contributed by atoms with E-state index in [1.807, 2.05) is 19.1 Å². The van der Waals surface area contributed by atoms with E-state index in [1.54, 1.807) is 24.0 Å². The van der Waals surface area contributed by atoms with Gasteiger partial charge in [-0.3, -0.25) is 9.59 Å². The summed E-state index contributed by atoms with van der Waals surface area (Å²) in [6.07, 6.45) is 0.777. The van der Waals surface area contributed by atoms with Gasteiger partial charge >= 0.3 is 0 Å². The molecule has 0 fully saturated rings. The molecular formula is C19H20FN3O2. The summed E-state index contributed by atoms with van der Waals surface area (Å²) in [7, 11) is 0. The Morgan fingerprint density at radius 2 is 2.00 bits per heavy atom. The van der Waals surface area contributed by atoms with E-state index in [-0.39, 0.29) is 24.2 Å². The molecule has 2 N–H and O–H groups in total. The molecule has 0 spiro atoms. The monoisotopic (exact) mass is 341 g/mol. The first-order chi connectivity index (χ1) is 11.9. The number of fused-ring (bicyclic) bond motifs is 1. The van der Waals surface area contributed by atoms with Crippen LogP contribution in [0.2, 0.25) is 0 Å². The number of nitrogens with one attached hydrogen (secondary N) is 2. The maximum atomic E-state index is 13.3. The fourth-order valence-corrected chi connectivity index (χ4v) is 2.97. The molecule has 0 bridgehead atoms. The van der Waals surface area contributed by atoms with E-state index < -0.39 is 0 Å². The molecule has 3 rings (SSSR count). The predicted octanol–water partition coefficient (Wildman–Crippen LogP) is 3.09. The third kappa shape index (κ3) is 3.79. The SMILES string of the molecule is CC(=O)N1CCc2cc(NC(=O)CNc3cc(F)ccc3C)ccc21. The minimum absolute atomic E-state index is 0.0187. The second-order valence-corrected chi connectivity index (χ2v) is 6.13. The van der Waals surface area contributed by atoms with Crippen LogP contribution in [0.15, 0.2) is 36.4 Å². The van der Waals surface area contributed by atoms with Crippen LogP contribution < -0.4 is 15.5 Å². The van der Waals surface area contributed by atoms with Gasteiger partial charge in [0.15, 0.2) is 0 Å². The number of nitrogens with zero attached hydrogens (tertiary/aromatic N) is 1. The zero-order chi connectivity index (χ0) is 18.0. The maximum Gasteiger partial charge on any atom is 0.243 e. The number of aryl methyl sites for hydroxylation is 1. The Balaban J connectivity index is 1.62. The Bertz CT molecular complexity index is 835. The minimum Gasteiger partial charge on any atom is -0.376 e. The van der Waals surface area contributed by atoms with E-state index >= 15 is 0 Å². The number of anilines is 3. The van der Waals surface area contributed by atoms with E-state index in [0.29, 0.717) is 17.9 Å². The van der Waals surface area contributed by atoms with Crippen LogP contribution in [0.4, 0.5) is 21.5 Å². The van der Waals surface area contributed by atoms with Gasteiger partial charge in [-0.25, -0.2) is 4.39 Å². The molecule has 2 amide bonds. The van der Waals surface area contributed by atoms with Crippen LogP contribution in [0.25, 0.3) is 0 Å². The highest BCUT2D eigenvalue weighted by atomic mass is 19.1. The lowest BCUT2D eigenvalue weighted by Crippen LogP contribution is -2.25. The molecule has 2 aromatic carbocycles. The quantitative estimate of drug-likeness (QED) is 0.898. The van der Waals surface area contributed by atoms with Crippen molar-refractivity contribution in [3.8, 4) is 0 Å². The average Bonchev–Trinajstić information content (AvgIpc) is 2.99. The van der Waals surface area contributed by atoms with Crippen molar-refractivity contribution in [3.63, 3.8) is 0 Å². The molecule has 6 heteroatoms.